The lowest BCUT2D eigenvalue weighted by Crippen LogP contribution is -2.46. The van der Waals surface area contributed by atoms with E-state index in [2.05, 4.69) is 41.4 Å². The maximum atomic E-state index is 13.6. The van der Waals surface area contributed by atoms with Crippen molar-refractivity contribution in [1.29, 1.82) is 0 Å². The Morgan fingerprint density at radius 3 is 2.51 bits per heavy atom. The second-order valence-corrected chi connectivity index (χ2v) is 10.8. The number of H-pyrrole nitrogens is 1. The maximum absolute atomic E-state index is 13.6. The Hall–Kier alpha value is -3.91. The van der Waals surface area contributed by atoms with E-state index in [-0.39, 0.29) is 22.9 Å². The van der Waals surface area contributed by atoms with E-state index in [0.29, 0.717) is 31.8 Å². The highest BCUT2D eigenvalue weighted by Crippen LogP contribution is 2.33. The molecule has 39 heavy (non-hydrogen) atoms. The lowest BCUT2D eigenvalue weighted by atomic mass is 9.90. The van der Waals surface area contributed by atoms with Crippen LogP contribution in [0.3, 0.4) is 0 Å². The van der Waals surface area contributed by atoms with Gasteiger partial charge in [0.05, 0.1) is 17.1 Å². The number of aliphatic imine (C=N–C) groups is 1. The minimum absolute atomic E-state index is 0.149. The Kier molecular flexibility index (Phi) is 8.86. The van der Waals surface area contributed by atoms with Crippen molar-refractivity contribution in [1.82, 2.24) is 20.6 Å². The zero-order chi connectivity index (χ0) is 28.0. The monoisotopic (exact) mass is 546 g/mol. The Morgan fingerprint density at radius 2 is 1.79 bits per heavy atom. The van der Waals surface area contributed by atoms with Gasteiger partial charge in [0, 0.05) is 34.8 Å². The molecule has 204 valence electrons. The number of carbonyl (C=O) groups excluding carboxylic acids is 2. The summed E-state index contributed by atoms with van der Waals surface area (Å²) in [6.45, 7) is 6.96. The molecule has 0 saturated heterocycles. The number of aromatic nitrogens is 2. The Labute approximate surface area is 233 Å². The molecule has 0 saturated carbocycles. The molecule has 9 heteroatoms. The van der Waals surface area contributed by atoms with Crippen LogP contribution >= 0.6 is 11.6 Å². The fraction of sp³-hybridized carbons (Fsp3) is 0.333. The molecule has 1 atom stereocenters. The molecular formula is C30H35ClN6O2. The summed E-state index contributed by atoms with van der Waals surface area (Å²) in [5, 5.41) is 7.80. The van der Waals surface area contributed by atoms with E-state index in [1.165, 1.54) is 0 Å². The number of alkyl halides is 1. The molecule has 2 heterocycles. The quantitative estimate of drug-likeness (QED) is 0.0986. The van der Waals surface area contributed by atoms with E-state index < -0.39 is 11.9 Å². The zero-order valence-electron chi connectivity index (χ0n) is 22.6. The van der Waals surface area contributed by atoms with Crippen molar-refractivity contribution in [3.05, 3.63) is 77.6 Å². The van der Waals surface area contributed by atoms with Gasteiger partial charge in [-0.2, -0.15) is 0 Å². The summed E-state index contributed by atoms with van der Waals surface area (Å²) in [7, 11) is 0. The standard InChI is InChI=1S/C30H35ClN6O2/c1-30(2,3)27-26-21(20-12-7-8-13-22(20)35-26)16-24(36-27)29(39)37-23(14-9-15-33-25(32)17-31)28(38)34-18-19-10-5-4-6-11-19/h4-8,10-13,16,23,35H,9,14-15,17-18H2,1-3H3,(H2,32,33)(H,34,38)(H,37,39)/t23-/m0/s1. The molecule has 0 aliphatic heterocycles. The number of rotatable bonds is 10. The molecule has 0 aliphatic carbocycles. The Morgan fingerprint density at radius 1 is 1.08 bits per heavy atom. The molecular weight excluding hydrogens is 512 g/mol. The van der Waals surface area contributed by atoms with Gasteiger partial charge in [0.1, 0.15) is 17.6 Å². The lowest BCUT2D eigenvalue weighted by molar-refractivity contribution is -0.123. The predicted molar refractivity (Wildman–Crippen MR) is 158 cm³/mol. The number of fused-ring (bicyclic) bond motifs is 3. The van der Waals surface area contributed by atoms with Crippen molar-refractivity contribution in [3.8, 4) is 0 Å². The topological polar surface area (TPSA) is 125 Å². The number of nitrogens with two attached hydrogens (primary N) is 1. The average molecular weight is 547 g/mol. The van der Waals surface area contributed by atoms with Crippen LogP contribution in [0.5, 0.6) is 0 Å². The summed E-state index contributed by atoms with van der Waals surface area (Å²) >= 11 is 5.71. The van der Waals surface area contributed by atoms with Gasteiger partial charge in [-0.15, -0.1) is 11.6 Å². The van der Waals surface area contributed by atoms with E-state index in [1.807, 2.05) is 54.6 Å². The van der Waals surface area contributed by atoms with Crippen LogP contribution in [0.25, 0.3) is 21.8 Å². The van der Waals surface area contributed by atoms with Gasteiger partial charge in [-0.25, -0.2) is 4.98 Å². The van der Waals surface area contributed by atoms with Gasteiger partial charge in [-0.3, -0.25) is 14.6 Å². The SMILES string of the molecule is CC(C)(C)c1nc(C(=O)N[C@@H](CCCN=C(N)CCl)C(=O)NCc2ccccc2)cc2c1[nH]c1ccccc12. The second kappa shape index (κ2) is 12.3. The molecule has 2 aromatic carbocycles. The number of aromatic amines is 1. The Balaban J connectivity index is 1.60. The fourth-order valence-electron chi connectivity index (χ4n) is 4.47. The van der Waals surface area contributed by atoms with Gasteiger partial charge < -0.3 is 21.4 Å². The molecule has 0 unspecified atom stereocenters. The number of para-hydroxylation sites is 1. The number of amides is 2. The van der Waals surface area contributed by atoms with Gasteiger partial charge in [-0.1, -0.05) is 69.3 Å². The van der Waals surface area contributed by atoms with Gasteiger partial charge >= 0.3 is 0 Å². The number of halogens is 1. The van der Waals surface area contributed by atoms with Crippen molar-refractivity contribution in [2.24, 2.45) is 10.7 Å². The molecule has 4 rings (SSSR count). The first-order valence-corrected chi connectivity index (χ1v) is 13.6. The predicted octanol–water partition coefficient (Wildman–Crippen LogP) is 4.80. The third kappa shape index (κ3) is 6.95. The number of nitrogens with zero attached hydrogens (tertiary/aromatic N) is 2. The number of hydrogen-bond acceptors (Lipinski definition) is 4. The number of nitrogens with one attached hydrogen (secondary N) is 3. The van der Waals surface area contributed by atoms with E-state index in [9.17, 15) is 9.59 Å². The highest BCUT2D eigenvalue weighted by Gasteiger charge is 2.26. The summed E-state index contributed by atoms with van der Waals surface area (Å²) in [6, 6.07) is 18.6. The molecule has 8 nitrogen and oxygen atoms in total. The Bertz CT molecular complexity index is 1490. The van der Waals surface area contributed by atoms with Gasteiger partial charge in [0.15, 0.2) is 0 Å². The molecule has 0 spiro atoms. The van der Waals surface area contributed by atoms with Gasteiger partial charge in [0.25, 0.3) is 5.91 Å². The number of benzene rings is 2. The number of amidine groups is 1. The number of pyridine rings is 1. The van der Waals surface area contributed by atoms with E-state index in [0.717, 1.165) is 33.1 Å². The van der Waals surface area contributed by atoms with E-state index in [1.54, 1.807) is 6.07 Å². The average Bonchev–Trinajstić information content (AvgIpc) is 3.31. The minimum Gasteiger partial charge on any atom is -0.386 e. The number of carbonyl (C=O) groups is 2. The molecule has 5 N–H and O–H groups in total. The van der Waals surface area contributed by atoms with Crippen LogP contribution in [0, 0.1) is 0 Å². The summed E-state index contributed by atoms with van der Waals surface area (Å²) in [4.78, 5) is 39.2. The highest BCUT2D eigenvalue weighted by atomic mass is 35.5. The zero-order valence-corrected chi connectivity index (χ0v) is 23.3. The summed E-state index contributed by atoms with van der Waals surface area (Å²) in [6.07, 6.45) is 0.927. The summed E-state index contributed by atoms with van der Waals surface area (Å²) in [5.41, 5.74) is 9.30. The van der Waals surface area contributed by atoms with Crippen molar-refractivity contribution in [2.75, 3.05) is 12.4 Å². The van der Waals surface area contributed by atoms with E-state index >= 15 is 0 Å². The highest BCUT2D eigenvalue weighted by molar-refractivity contribution is 6.27. The fourth-order valence-corrected chi connectivity index (χ4v) is 4.56. The van der Waals surface area contributed by atoms with Crippen molar-refractivity contribution in [3.63, 3.8) is 0 Å². The first kappa shape index (κ1) is 28.1. The smallest absolute Gasteiger partial charge is 0.270 e. The van der Waals surface area contributed by atoms with Crippen LogP contribution in [0.2, 0.25) is 0 Å². The molecule has 0 fully saturated rings. The van der Waals surface area contributed by atoms with Gasteiger partial charge in [-0.05, 0) is 30.5 Å². The first-order chi connectivity index (χ1) is 18.7. The third-order valence-electron chi connectivity index (χ3n) is 6.47. The van der Waals surface area contributed by atoms with Crippen LogP contribution in [-0.4, -0.2) is 46.1 Å². The van der Waals surface area contributed by atoms with Crippen LogP contribution in [0.4, 0.5) is 0 Å². The largest absolute Gasteiger partial charge is 0.386 e. The molecule has 2 amide bonds. The third-order valence-corrected chi connectivity index (χ3v) is 6.75. The lowest BCUT2D eigenvalue weighted by Gasteiger charge is -2.21. The molecule has 2 aromatic heterocycles. The number of hydrogen-bond donors (Lipinski definition) is 4. The van der Waals surface area contributed by atoms with Crippen molar-refractivity contribution >= 4 is 51.1 Å². The normalized spacial score (nSPS) is 13.0. The molecule has 0 radical (unpaired) electrons. The molecule has 0 bridgehead atoms. The minimum atomic E-state index is -0.771. The van der Waals surface area contributed by atoms with Crippen molar-refractivity contribution in [2.45, 2.75) is 51.6 Å². The van der Waals surface area contributed by atoms with Crippen LogP contribution in [0.15, 0.2) is 65.7 Å². The second-order valence-electron chi connectivity index (χ2n) is 10.6. The molecule has 0 aliphatic rings. The van der Waals surface area contributed by atoms with Crippen LogP contribution in [0.1, 0.15) is 55.4 Å². The summed E-state index contributed by atoms with van der Waals surface area (Å²) in [5.74, 6) is -0.186. The van der Waals surface area contributed by atoms with Crippen LogP contribution < -0.4 is 16.4 Å². The molecule has 4 aromatic rings. The van der Waals surface area contributed by atoms with E-state index in [4.69, 9.17) is 22.3 Å². The summed E-state index contributed by atoms with van der Waals surface area (Å²) < 4.78 is 0. The maximum Gasteiger partial charge on any atom is 0.270 e. The van der Waals surface area contributed by atoms with Crippen molar-refractivity contribution < 1.29 is 9.59 Å². The van der Waals surface area contributed by atoms with Crippen LogP contribution in [-0.2, 0) is 16.8 Å². The first-order valence-electron chi connectivity index (χ1n) is 13.1. The van der Waals surface area contributed by atoms with Gasteiger partial charge in [0.2, 0.25) is 5.91 Å².